The van der Waals surface area contributed by atoms with Gasteiger partial charge >= 0.3 is 0 Å². The number of carboxylic acids is 1. The molecule has 0 saturated carbocycles. The summed E-state index contributed by atoms with van der Waals surface area (Å²) in [5.74, 6) is -1.15. The van der Waals surface area contributed by atoms with E-state index in [-0.39, 0.29) is 6.54 Å². The summed E-state index contributed by atoms with van der Waals surface area (Å²) in [5.41, 5.74) is 3.55. The molecule has 0 aliphatic carbocycles. The number of nitrogens with zero attached hydrogens (tertiary/aromatic N) is 5. The highest BCUT2D eigenvalue weighted by Crippen LogP contribution is 2.23. The smallest absolute Gasteiger partial charge is 0.263 e. The first-order valence-electron chi connectivity index (χ1n) is 8.28. The van der Waals surface area contributed by atoms with Crippen molar-refractivity contribution < 1.29 is 19.4 Å². The van der Waals surface area contributed by atoms with Crippen molar-refractivity contribution in [1.29, 1.82) is 0 Å². The first-order chi connectivity index (χ1) is 14.0. The number of hydrogen-bond donors (Lipinski definition) is 1. The van der Waals surface area contributed by atoms with E-state index in [0.29, 0.717) is 27.7 Å². The van der Waals surface area contributed by atoms with Crippen LogP contribution in [0.4, 0.5) is 0 Å². The SMILES string of the molecule is O=C([O-])COc1cccc(/C=N\NC(=O)Cn2nnc(-c3ccccc3Cl)n2)c1. The number of carbonyl (C=O) groups is 2. The highest BCUT2D eigenvalue weighted by atomic mass is 35.5. The number of tetrazole rings is 1. The molecule has 2 aromatic carbocycles. The van der Waals surface area contributed by atoms with Crippen molar-refractivity contribution in [3.63, 3.8) is 0 Å². The third kappa shape index (κ3) is 5.84. The Morgan fingerprint density at radius 3 is 2.86 bits per heavy atom. The number of ether oxygens (including phenoxy) is 1. The Morgan fingerprint density at radius 1 is 1.24 bits per heavy atom. The fraction of sp³-hybridized carbons (Fsp3) is 0.111. The van der Waals surface area contributed by atoms with Crippen molar-refractivity contribution in [2.24, 2.45) is 5.10 Å². The molecule has 0 unspecified atom stereocenters. The summed E-state index contributed by atoms with van der Waals surface area (Å²) in [4.78, 5) is 23.5. The van der Waals surface area contributed by atoms with Crippen molar-refractivity contribution in [3.05, 3.63) is 59.1 Å². The van der Waals surface area contributed by atoms with Crippen LogP contribution in [0.2, 0.25) is 5.02 Å². The van der Waals surface area contributed by atoms with Crippen LogP contribution in [0.1, 0.15) is 5.56 Å². The molecule has 0 aliphatic heterocycles. The van der Waals surface area contributed by atoms with E-state index in [0.717, 1.165) is 4.80 Å². The Morgan fingerprint density at radius 2 is 2.07 bits per heavy atom. The Hall–Kier alpha value is -3.79. The third-order valence-electron chi connectivity index (χ3n) is 3.47. The summed E-state index contributed by atoms with van der Waals surface area (Å²) in [6, 6.07) is 13.5. The number of halogens is 1. The van der Waals surface area contributed by atoms with Crippen molar-refractivity contribution >= 4 is 29.7 Å². The van der Waals surface area contributed by atoms with Gasteiger partial charge in [-0.25, -0.2) is 5.43 Å². The van der Waals surface area contributed by atoms with Crippen molar-refractivity contribution in [2.45, 2.75) is 6.54 Å². The zero-order chi connectivity index (χ0) is 20.6. The molecule has 1 heterocycles. The molecule has 1 aromatic heterocycles. The van der Waals surface area contributed by atoms with Gasteiger partial charge in [0.05, 0.1) is 17.2 Å². The predicted molar refractivity (Wildman–Crippen MR) is 101 cm³/mol. The molecular weight excluding hydrogens is 400 g/mol. The summed E-state index contributed by atoms with van der Waals surface area (Å²) in [7, 11) is 0. The maximum Gasteiger partial charge on any atom is 0.263 e. The molecule has 3 rings (SSSR count). The Balaban J connectivity index is 1.55. The summed E-state index contributed by atoms with van der Waals surface area (Å²) < 4.78 is 5.01. The number of benzene rings is 2. The lowest BCUT2D eigenvalue weighted by Crippen LogP contribution is -2.28. The van der Waals surface area contributed by atoms with Gasteiger partial charge in [-0.05, 0) is 35.0 Å². The van der Waals surface area contributed by atoms with E-state index < -0.39 is 18.5 Å². The van der Waals surface area contributed by atoms with Crippen LogP contribution in [-0.4, -0.2) is 44.9 Å². The molecule has 0 fully saturated rings. The lowest BCUT2D eigenvalue weighted by molar-refractivity contribution is -0.307. The largest absolute Gasteiger partial charge is 0.546 e. The van der Waals surface area contributed by atoms with E-state index in [9.17, 15) is 14.7 Å². The van der Waals surface area contributed by atoms with Crippen LogP contribution >= 0.6 is 11.6 Å². The van der Waals surface area contributed by atoms with Crippen LogP contribution in [0, 0.1) is 0 Å². The number of carboxylic acid groups (broad SMARTS) is 1. The van der Waals surface area contributed by atoms with E-state index in [1.54, 1.807) is 48.5 Å². The molecule has 1 amide bonds. The lowest BCUT2D eigenvalue weighted by Gasteiger charge is -2.06. The first-order valence-corrected chi connectivity index (χ1v) is 8.66. The number of hydrogen-bond acceptors (Lipinski definition) is 8. The van der Waals surface area contributed by atoms with Crippen LogP contribution in [0.3, 0.4) is 0 Å². The van der Waals surface area contributed by atoms with Crippen molar-refractivity contribution in [2.75, 3.05) is 6.61 Å². The van der Waals surface area contributed by atoms with Gasteiger partial charge in [0.2, 0.25) is 5.82 Å². The molecule has 0 atom stereocenters. The molecule has 0 saturated heterocycles. The number of carbonyl (C=O) groups excluding carboxylic acids is 2. The average molecular weight is 414 g/mol. The summed E-state index contributed by atoms with van der Waals surface area (Å²) >= 11 is 6.09. The van der Waals surface area contributed by atoms with E-state index in [2.05, 4.69) is 25.9 Å². The zero-order valence-corrected chi connectivity index (χ0v) is 15.6. The average Bonchev–Trinajstić information content (AvgIpc) is 3.15. The number of aliphatic carboxylic acids is 1. The second kappa shape index (κ2) is 9.42. The van der Waals surface area contributed by atoms with E-state index in [1.807, 2.05) is 0 Å². The van der Waals surface area contributed by atoms with Crippen molar-refractivity contribution in [3.8, 4) is 17.1 Å². The quantitative estimate of drug-likeness (QED) is 0.413. The van der Waals surface area contributed by atoms with E-state index >= 15 is 0 Å². The van der Waals surface area contributed by atoms with Crippen LogP contribution in [-0.2, 0) is 16.1 Å². The lowest BCUT2D eigenvalue weighted by atomic mass is 10.2. The maximum absolute atomic E-state index is 12.0. The molecule has 29 heavy (non-hydrogen) atoms. The van der Waals surface area contributed by atoms with Gasteiger partial charge in [0.15, 0.2) is 0 Å². The number of rotatable bonds is 8. The van der Waals surface area contributed by atoms with Gasteiger partial charge in [0, 0.05) is 5.56 Å². The standard InChI is InChI=1S/C18H15ClN6O4/c19-15-7-2-1-6-14(15)18-22-24-25(23-18)10-16(26)21-20-9-12-4-3-5-13(8-12)29-11-17(27)28/h1-9H,10-11H2,(H,21,26)(H,27,28)/p-1/b20-9-. The minimum absolute atomic E-state index is 0.191. The van der Waals surface area contributed by atoms with E-state index in [4.69, 9.17) is 16.3 Å². The molecule has 11 heteroatoms. The minimum atomic E-state index is -1.32. The molecular formula is C18H14ClN6O4-. The third-order valence-corrected chi connectivity index (χ3v) is 3.80. The highest BCUT2D eigenvalue weighted by Gasteiger charge is 2.11. The maximum atomic E-state index is 12.0. The van der Waals surface area contributed by atoms with Crippen LogP contribution in [0.5, 0.6) is 5.75 Å². The molecule has 10 nitrogen and oxygen atoms in total. The number of nitrogens with one attached hydrogen (secondary N) is 1. The predicted octanol–water partition coefficient (Wildman–Crippen LogP) is 0.272. The molecule has 1 N–H and O–H groups in total. The molecule has 0 bridgehead atoms. The zero-order valence-electron chi connectivity index (χ0n) is 14.9. The van der Waals surface area contributed by atoms with Gasteiger partial charge in [-0.2, -0.15) is 9.90 Å². The minimum Gasteiger partial charge on any atom is -0.546 e. The van der Waals surface area contributed by atoms with Crippen LogP contribution in [0.15, 0.2) is 53.6 Å². The Labute approximate surface area is 169 Å². The normalized spacial score (nSPS) is 10.8. The highest BCUT2D eigenvalue weighted by molar-refractivity contribution is 6.33. The fourth-order valence-corrected chi connectivity index (χ4v) is 2.45. The summed E-state index contributed by atoms with van der Waals surface area (Å²) in [6.45, 7) is -0.748. The van der Waals surface area contributed by atoms with Crippen LogP contribution in [0.25, 0.3) is 11.4 Å². The molecule has 0 spiro atoms. The second-order valence-corrected chi connectivity index (χ2v) is 6.06. The number of aromatic nitrogens is 4. The molecule has 0 radical (unpaired) electrons. The van der Waals surface area contributed by atoms with Gasteiger partial charge in [0.25, 0.3) is 5.91 Å². The number of hydrazone groups is 1. The van der Waals surface area contributed by atoms with Gasteiger partial charge in [0.1, 0.15) is 18.9 Å². The van der Waals surface area contributed by atoms with Crippen molar-refractivity contribution in [1.82, 2.24) is 25.6 Å². The Kier molecular flexibility index (Phi) is 6.48. The second-order valence-electron chi connectivity index (χ2n) is 5.65. The summed E-state index contributed by atoms with van der Waals surface area (Å²) in [5, 5.41) is 26.6. The van der Waals surface area contributed by atoms with Gasteiger partial charge < -0.3 is 14.6 Å². The summed E-state index contributed by atoms with van der Waals surface area (Å²) in [6.07, 6.45) is 1.38. The topological polar surface area (TPSA) is 134 Å². The van der Waals surface area contributed by atoms with Crippen LogP contribution < -0.4 is 15.3 Å². The first kappa shape index (κ1) is 20.0. The number of amides is 1. The molecule has 148 valence electrons. The Bertz CT molecular complexity index is 1050. The fourth-order valence-electron chi connectivity index (χ4n) is 2.23. The van der Waals surface area contributed by atoms with Gasteiger partial charge in [-0.1, -0.05) is 35.9 Å². The molecule has 0 aliphatic rings. The van der Waals surface area contributed by atoms with Gasteiger partial charge in [-0.3, -0.25) is 4.79 Å². The monoisotopic (exact) mass is 413 g/mol. The van der Waals surface area contributed by atoms with E-state index in [1.165, 1.54) is 6.21 Å². The van der Waals surface area contributed by atoms with Gasteiger partial charge in [-0.15, -0.1) is 10.2 Å². The molecule has 3 aromatic rings.